The molecule has 1 N–H and O–H groups in total. The third-order valence-electron chi connectivity index (χ3n) is 2.64. The summed E-state index contributed by atoms with van der Waals surface area (Å²) in [6.07, 6.45) is 3.72. The number of nitrogens with zero attached hydrogens (tertiary/aromatic N) is 2. The second-order valence-corrected chi connectivity index (χ2v) is 6.50. The first kappa shape index (κ1) is 12.9. The van der Waals surface area contributed by atoms with Gasteiger partial charge in [0.15, 0.2) is 0 Å². The Morgan fingerprint density at radius 2 is 1.89 bits per heavy atom. The Kier molecular flexibility index (Phi) is 3.58. The van der Waals surface area contributed by atoms with E-state index in [2.05, 4.69) is 9.97 Å². The molecule has 6 heteroatoms. The van der Waals surface area contributed by atoms with E-state index < -0.39 is 15.9 Å². The van der Waals surface area contributed by atoms with E-state index in [9.17, 15) is 13.5 Å². The molecule has 0 aliphatic heterocycles. The average Bonchev–Trinajstić information content (AvgIpc) is 2.34. The molecular weight excluding hydrogens is 252 g/mol. The maximum atomic E-state index is 11.0. The summed E-state index contributed by atoms with van der Waals surface area (Å²) in [5.74, 6) is -0.0350. The fraction of sp³-hybridized carbons (Fsp3) is 0.333. The second kappa shape index (κ2) is 4.99. The van der Waals surface area contributed by atoms with E-state index >= 15 is 0 Å². The Hall–Kier alpha value is -1.53. The van der Waals surface area contributed by atoms with E-state index in [-0.39, 0.29) is 12.2 Å². The van der Waals surface area contributed by atoms with Gasteiger partial charge in [-0.3, -0.25) is 9.97 Å². The zero-order valence-electron chi connectivity index (χ0n) is 9.94. The minimum atomic E-state index is -3.06. The summed E-state index contributed by atoms with van der Waals surface area (Å²) in [4.78, 5) is 8.27. The minimum Gasteiger partial charge on any atom is -0.388 e. The molecule has 1 aromatic carbocycles. The molecule has 1 atom stereocenters. The molecule has 1 heterocycles. The number of hydrogen-bond acceptors (Lipinski definition) is 5. The van der Waals surface area contributed by atoms with Gasteiger partial charge >= 0.3 is 0 Å². The number of rotatable bonds is 4. The van der Waals surface area contributed by atoms with Crippen molar-refractivity contribution in [2.24, 2.45) is 0 Å². The monoisotopic (exact) mass is 266 g/mol. The average molecular weight is 266 g/mol. The number of hydrogen-bond donors (Lipinski definition) is 1. The predicted molar refractivity (Wildman–Crippen MR) is 68.8 cm³/mol. The van der Waals surface area contributed by atoms with E-state index in [1.807, 2.05) is 0 Å². The quantitative estimate of drug-likeness (QED) is 0.896. The maximum absolute atomic E-state index is 11.0. The molecule has 0 aliphatic rings. The number of fused-ring (bicyclic) bond motifs is 1. The van der Waals surface area contributed by atoms with E-state index in [0.29, 0.717) is 11.1 Å². The lowest BCUT2D eigenvalue weighted by atomic mass is 10.1. The van der Waals surface area contributed by atoms with Gasteiger partial charge in [0, 0.05) is 18.6 Å². The van der Waals surface area contributed by atoms with Gasteiger partial charge in [-0.05, 0) is 24.1 Å². The number of sulfone groups is 1. The summed E-state index contributed by atoms with van der Waals surface area (Å²) in [5, 5.41) is 9.93. The molecule has 0 saturated heterocycles. The van der Waals surface area contributed by atoms with Crippen molar-refractivity contribution in [3.63, 3.8) is 0 Å². The standard InChI is InChI=1S/C12H14N2O3S/c1-18(16,17)7-4-12(15)9-2-3-10-11(8-9)14-6-5-13-10/h2-3,5-6,8,12,15H,4,7H2,1H3. The predicted octanol–water partition coefficient (Wildman–Crippen LogP) is 1.10. The van der Waals surface area contributed by atoms with Gasteiger partial charge in [0.2, 0.25) is 0 Å². The SMILES string of the molecule is CS(=O)(=O)CCC(O)c1ccc2nccnc2c1. The first-order valence-electron chi connectivity index (χ1n) is 5.52. The molecular formula is C12H14N2O3S. The highest BCUT2D eigenvalue weighted by atomic mass is 32.2. The summed E-state index contributed by atoms with van der Waals surface area (Å²) < 4.78 is 22.1. The molecule has 1 aromatic heterocycles. The van der Waals surface area contributed by atoms with Crippen LogP contribution in [-0.4, -0.2) is 35.5 Å². The van der Waals surface area contributed by atoms with Crippen molar-refractivity contribution >= 4 is 20.9 Å². The molecule has 1 unspecified atom stereocenters. The van der Waals surface area contributed by atoms with Crippen LogP contribution in [0.5, 0.6) is 0 Å². The Balaban J connectivity index is 2.20. The van der Waals surface area contributed by atoms with Gasteiger partial charge in [-0.15, -0.1) is 0 Å². The van der Waals surface area contributed by atoms with Crippen molar-refractivity contribution in [3.05, 3.63) is 36.2 Å². The zero-order chi connectivity index (χ0) is 13.2. The van der Waals surface area contributed by atoms with Gasteiger partial charge in [-0.2, -0.15) is 0 Å². The lowest BCUT2D eigenvalue weighted by Gasteiger charge is -2.10. The Bertz CT molecular complexity index is 655. The number of aromatic nitrogens is 2. The summed E-state index contributed by atoms with van der Waals surface area (Å²) in [6.45, 7) is 0. The number of aliphatic hydroxyl groups excluding tert-OH is 1. The lowest BCUT2D eigenvalue weighted by Crippen LogP contribution is -2.08. The van der Waals surface area contributed by atoms with Crippen molar-refractivity contribution < 1.29 is 13.5 Å². The first-order chi connectivity index (χ1) is 8.46. The van der Waals surface area contributed by atoms with Crippen LogP contribution in [0.15, 0.2) is 30.6 Å². The van der Waals surface area contributed by atoms with Gasteiger partial charge in [-0.1, -0.05) is 6.07 Å². The normalized spacial score (nSPS) is 13.7. The zero-order valence-corrected chi connectivity index (χ0v) is 10.8. The molecule has 0 spiro atoms. The Labute approximate surface area is 105 Å². The van der Waals surface area contributed by atoms with E-state index in [1.54, 1.807) is 30.6 Å². The fourth-order valence-corrected chi connectivity index (χ4v) is 2.33. The van der Waals surface area contributed by atoms with Crippen LogP contribution in [0.2, 0.25) is 0 Å². The maximum Gasteiger partial charge on any atom is 0.147 e. The molecule has 0 fully saturated rings. The smallest absolute Gasteiger partial charge is 0.147 e. The Morgan fingerprint density at radius 1 is 1.22 bits per heavy atom. The second-order valence-electron chi connectivity index (χ2n) is 4.24. The highest BCUT2D eigenvalue weighted by Gasteiger charge is 2.12. The van der Waals surface area contributed by atoms with Crippen molar-refractivity contribution in [1.82, 2.24) is 9.97 Å². The highest BCUT2D eigenvalue weighted by Crippen LogP contribution is 2.20. The topological polar surface area (TPSA) is 80.2 Å². The van der Waals surface area contributed by atoms with Crippen LogP contribution < -0.4 is 0 Å². The molecule has 0 bridgehead atoms. The van der Waals surface area contributed by atoms with Crippen molar-refractivity contribution in [2.45, 2.75) is 12.5 Å². The van der Waals surface area contributed by atoms with Gasteiger partial charge in [0.05, 0.1) is 22.9 Å². The highest BCUT2D eigenvalue weighted by molar-refractivity contribution is 7.90. The molecule has 0 aliphatic carbocycles. The van der Waals surface area contributed by atoms with Crippen LogP contribution in [0.25, 0.3) is 11.0 Å². The third kappa shape index (κ3) is 3.24. The van der Waals surface area contributed by atoms with Crippen molar-refractivity contribution in [2.75, 3.05) is 12.0 Å². The summed E-state index contributed by atoms with van der Waals surface area (Å²) >= 11 is 0. The van der Waals surface area contributed by atoms with Crippen LogP contribution in [0.1, 0.15) is 18.1 Å². The van der Waals surface area contributed by atoms with Crippen LogP contribution >= 0.6 is 0 Å². The molecule has 0 saturated carbocycles. The van der Waals surface area contributed by atoms with Crippen LogP contribution in [0.3, 0.4) is 0 Å². The van der Waals surface area contributed by atoms with E-state index in [1.165, 1.54) is 0 Å². The summed E-state index contributed by atoms with van der Waals surface area (Å²) in [7, 11) is -3.06. The fourth-order valence-electron chi connectivity index (χ4n) is 1.68. The van der Waals surface area contributed by atoms with Crippen molar-refractivity contribution in [3.8, 4) is 0 Å². The number of benzene rings is 1. The van der Waals surface area contributed by atoms with Gasteiger partial charge in [-0.25, -0.2) is 8.42 Å². The molecule has 5 nitrogen and oxygen atoms in total. The molecule has 96 valence electrons. The molecule has 0 amide bonds. The molecule has 0 radical (unpaired) electrons. The molecule has 2 aromatic rings. The largest absolute Gasteiger partial charge is 0.388 e. The van der Waals surface area contributed by atoms with Crippen LogP contribution in [0, 0.1) is 0 Å². The first-order valence-corrected chi connectivity index (χ1v) is 7.58. The lowest BCUT2D eigenvalue weighted by molar-refractivity contribution is 0.174. The minimum absolute atomic E-state index is 0.0350. The van der Waals surface area contributed by atoms with Gasteiger partial charge in [0.25, 0.3) is 0 Å². The summed E-state index contributed by atoms with van der Waals surface area (Å²) in [5.41, 5.74) is 2.09. The molecule has 18 heavy (non-hydrogen) atoms. The summed E-state index contributed by atoms with van der Waals surface area (Å²) in [6, 6.07) is 5.24. The van der Waals surface area contributed by atoms with Gasteiger partial charge in [0.1, 0.15) is 9.84 Å². The van der Waals surface area contributed by atoms with Gasteiger partial charge < -0.3 is 5.11 Å². The van der Waals surface area contributed by atoms with Crippen LogP contribution in [0.4, 0.5) is 0 Å². The van der Waals surface area contributed by atoms with E-state index in [4.69, 9.17) is 0 Å². The third-order valence-corrected chi connectivity index (χ3v) is 3.62. The molecule has 2 rings (SSSR count). The number of aliphatic hydroxyl groups is 1. The van der Waals surface area contributed by atoms with Crippen LogP contribution in [-0.2, 0) is 9.84 Å². The van der Waals surface area contributed by atoms with E-state index in [0.717, 1.165) is 11.8 Å². The van der Waals surface area contributed by atoms with Crippen molar-refractivity contribution in [1.29, 1.82) is 0 Å². The Morgan fingerprint density at radius 3 is 2.56 bits per heavy atom.